The normalized spacial score (nSPS) is 23.0. The summed E-state index contributed by atoms with van der Waals surface area (Å²) in [5.41, 5.74) is 0.0802. The van der Waals surface area contributed by atoms with Crippen molar-refractivity contribution in [2.24, 2.45) is 11.8 Å². The number of aromatic amines is 1. The van der Waals surface area contributed by atoms with Crippen LogP contribution in [-0.4, -0.2) is 94.7 Å². The standard InChI is InChI=1S/C37H44F2N6O7S/c38-27-15-23(40-29-2-4-33(46)43-35(29)47)1-3-31(27)45(37(49)50)24-13-22(14-24)18-44-9-5-21(6-10-44)19-52-25-16-28(39)34-30(17-25)41-32(42-36(34)48)20-53-26-7-11-51-12-8-26/h1,3,15-17,21-22,24,26,29,40H,2,4-14,18-20H2,(H,49,50)(H,41,42,48)(H,43,46,47). The Hall–Kier alpha value is -4.28. The van der Waals surface area contributed by atoms with E-state index in [1.54, 1.807) is 23.9 Å². The second-order valence-electron chi connectivity index (χ2n) is 14.4. The molecule has 3 aliphatic heterocycles. The lowest BCUT2D eigenvalue weighted by Crippen LogP contribution is -2.51. The van der Waals surface area contributed by atoms with Crippen LogP contribution in [0.15, 0.2) is 35.1 Å². The number of carbonyl (C=O) groups excluding carboxylic acids is 2. The first-order chi connectivity index (χ1) is 25.6. The first kappa shape index (κ1) is 37.1. The molecule has 284 valence electrons. The van der Waals surface area contributed by atoms with Crippen molar-refractivity contribution in [3.05, 3.63) is 58.1 Å². The third kappa shape index (κ3) is 8.92. The number of carbonyl (C=O) groups is 3. The lowest BCUT2D eigenvalue weighted by atomic mass is 9.78. The number of halogens is 2. The molecule has 7 rings (SSSR count). The maximum absolute atomic E-state index is 15.2. The highest BCUT2D eigenvalue weighted by Crippen LogP contribution is 2.38. The first-order valence-electron chi connectivity index (χ1n) is 18.3. The van der Waals surface area contributed by atoms with Gasteiger partial charge in [0.15, 0.2) is 0 Å². The first-order valence-corrected chi connectivity index (χ1v) is 19.3. The van der Waals surface area contributed by atoms with Crippen molar-refractivity contribution in [1.82, 2.24) is 20.2 Å². The van der Waals surface area contributed by atoms with Crippen LogP contribution in [0.5, 0.6) is 5.75 Å². The second-order valence-corrected chi connectivity index (χ2v) is 15.7. The number of H-pyrrole nitrogens is 1. The van der Waals surface area contributed by atoms with Crippen molar-refractivity contribution in [2.75, 3.05) is 49.7 Å². The molecule has 0 bridgehead atoms. The topological polar surface area (TPSA) is 166 Å². The lowest BCUT2D eigenvalue weighted by Gasteiger charge is -2.44. The number of thioether (sulfide) groups is 1. The SMILES string of the molecule is O=C1CCC(Nc2ccc(N(C(=O)O)C3CC(CN4CCC(COc5cc(F)c6c(=O)[nH]c(CSC7CCOCC7)nc6c5)CC4)C3)c(F)c2)C(=O)N1. The van der Waals surface area contributed by atoms with Gasteiger partial charge in [-0.25, -0.2) is 18.6 Å². The molecule has 53 heavy (non-hydrogen) atoms. The minimum absolute atomic E-state index is 0.0329. The van der Waals surface area contributed by atoms with Gasteiger partial charge in [-0.2, -0.15) is 11.8 Å². The fraction of sp³-hybridized carbons (Fsp3) is 0.541. The van der Waals surface area contributed by atoms with Crippen molar-refractivity contribution < 1.29 is 37.7 Å². The smallest absolute Gasteiger partial charge is 0.412 e. The lowest BCUT2D eigenvalue weighted by molar-refractivity contribution is -0.133. The van der Waals surface area contributed by atoms with Gasteiger partial charge < -0.3 is 29.8 Å². The van der Waals surface area contributed by atoms with E-state index in [0.29, 0.717) is 47.7 Å². The molecular weight excluding hydrogens is 711 g/mol. The number of nitrogens with one attached hydrogen (secondary N) is 3. The fourth-order valence-corrected chi connectivity index (χ4v) is 8.75. The average molecular weight is 755 g/mol. The molecule has 4 fully saturated rings. The monoisotopic (exact) mass is 754 g/mol. The number of nitrogens with zero attached hydrogens (tertiary/aromatic N) is 3. The molecule has 4 heterocycles. The van der Waals surface area contributed by atoms with E-state index in [0.717, 1.165) is 63.4 Å². The maximum atomic E-state index is 15.2. The van der Waals surface area contributed by atoms with Gasteiger partial charge in [-0.1, -0.05) is 0 Å². The van der Waals surface area contributed by atoms with Gasteiger partial charge in [0, 0.05) is 55.3 Å². The number of rotatable bonds is 12. The Morgan fingerprint density at radius 3 is 2.53 bits per heavy atom. The Morgan fingerprint density at radius 1 is 1.04 bits per heavy atom. The van der Waals surface area contributed by atoms with Crippen molar-refractivity contribution in [2.45, 2.75) is 74.5 Å². The van der Waals surface area contributed by atoms with Crippen LogP contribution in [0.2, 0.25) is 0 Å². The summed E-state index contributed by atoms with van der Waals surface area (Å²) < 4.78 is 41.7. The largest absolute Gasteiger partial charge is 0.493 e. The van der Waals surface area contributed by atoms with E-state index in [9.17, 15) is 24.3 Å². The van der Waals surface area contributed by atoms with Crippen LogP contribution in [0.25, 0.3) is 10.9 Å². The number of benzene rings is 2. The minimum atomic E-state index is -1.22. The number of carboxylic acid groups (broad SMARTS) is 1. The Balaban J connectivity index is 0.865. The quantitative estimate of drug-likeness (QED) is 0.186. The summed E-state index contributed by atoms with van der Waals surface area (Å²) in [7, 11) is 0. The Morgan fingerprint density at radius 2 is 1.81 bits per heavy atom. The molecule has 4 N–H and O–H groups in total. The zero-order chi connectivity index (χ0) is 37.1. The van der Waals surface area contributed by atoms with Crippen LogP contribution in [-0.2, 0) is 20.1 Å². The molecule has 3 aromatic rings. The van der Waals surface area contributed by atoms with Crippen LogP contribution in [0.4, 0.5) is 25.0 Å². The summed E-state index contributed by atoms with van der Waals surface area (Å²) >= 11 is 1.72. The molecule has 3 saturated heterocycles. The molecule has 2 aromatic carbocycles. The fourth-order valence-electron chi connectivity index (χ4n) is 7.69. The minimum Gasteiger partial charge on any atom is -0.493 e. The summed E-state index contributed by atoms with van der Waals surface area (Å²) in [5.74, 6) is -0.252. The highest BCUT2D eigenvalue weighted by atomic mass is 32.2. The summed E-state index contributed by atoms with van der Waals surface area (Å²) in [6.07, 6.45) is 4.17. The number of imide groups is 1. The molecule has 16 heteroatoms. The zero-order valence-electron chi connectivity index (χ0n) is 29.3. The van der Waals surface area contributed by atoms with E-state index in [1.807, 2.05) is 0 Å². The third-order valence-corrected chi connectivity index (χ3v) is 12.1. The molecular formula is C37H44F2N6O7S. The van der Waals surface area contributed by atoms with Crippen molar-refractivity contribution in [3.63, 3.8) is 0 Å². The molecule has 0 spiro atoms. The summed E-state index contributed by atoms with van der Waals surface area (Å²) in [6, 6.07) is 5.99. The van der Waals surface area contributed by atoms with Crippen LogP contribution >= 0.6 is 11.8 Å². The third-order valence-electron chi connectivity index (χ3n) is 10.7. The van der Waals surface area contributed by atoms with Gasteiger partial charge in [-0.15, -0.1) is 0 Å². The molecule has 1 atom stereocenters. The molecule has 1 unspecified atom stereocenters. The van der Waals surface area contributed by atoms with Crippen LogP contribution < -0.4 is 25.8 Å². The zero-order valence-corrected chi connectivity index (χ0v) is 30.1. The number of likely N-dealkylation sites (tertiary alicyclic amines) is 1. The van der Waals surface area contributed by atoms with Crippen LogP contribution in [0.1, 0.15) is 57.2 Å². The number of anilines is 2. The van der Waals surface area contributed by atoms with Gasteiger partial charge in [0.25, 0.3) is 5.56 Å². The number of piperidine rings is 2. The predicted molar refractivity (Wildman–Crippen MR) is 195 cm³/mol. The van der Waals surface area contributed by atoms with E-state index in [4.69, 9.17) is 9.47 Å². The van der Waals surface area contributed by atoms with E-state index >= 15 is 8.78 Å². The number of aromatic nitrogens is 2. The van der Waals surface area contributed by atoms with E-state index in [2.05, 4.69) is 25.5 Å². The maximum Gasteiger partial charge on any atom is 0.412 e. The number of amides is 3. The highest BCUT2D eigenvalue weighted by molar-refractivity contribution is 7.99. The van der Waals surface area contributed by atoms with Crippen LogP contribution in [0, 0.1) is 23.5 Å². The van der Waals surface area contributed by atoms with Gasteiger partial charge in [0.05, 0.1) is 23.6 Å². The molecule has 1 saturated carbocycles. The number of ether oxygens (including phenoxy) is 2. The van der Waals surface area contributed by atoms with Crippen molar-refractivity contribution >= 4 is 51.9 Å². The van der Waals surface area contributed by atoms with Gasteiger partial charge in [-0.05, 0) is 88.1 Å². The molecule has 1 aliphatic carbocycles. The Labute approximate surface area is 309 Å². The van der Waals surface area contributed by atoms with Crippen molar-refractivity contribution in [1.29, 1.82) is 0 Å². The molecule has 13 nitrogen and oxygen atoms in total. The van der Waals surface area contributed by atoms with Gasteiger partial charge in [-0.3, -0.25) is 24.6 Å². The second kappa shape index (κ2) is 16.4. The van der Waals surface area contributed by atoms with Gasteiger partial charge >= 0.3 is 6.09 Å². The average Bonchev–Trinajstić information content (AvgIpc) is 3.11. The molecule has 3 amide bonds. The molecule has 0 radical (unpaired) electrons. The van der Waals surface area contributed by atoms with Crippen LogP contribution in [0.3, 0.4) is 0 Å². The highest BCUT2D eigenvalue weighted by Gasteiger charge is 2.39. The number of fused-ring (bicyclic) bond motifs is 1. The summed E-state index contributed by atoms with van der Waals surface area (Å²) in [5, 5.41) is 15.5. The molecule has 4 aliphatic rings. The van der Waals surface area contributed by atoms with E-state index in [-0.39, 0.29) is 53.2 Å². The Bertz CT molecular complexity index is 1900. The van der Waals surface area contributed by atoms with Gasteiger partial charge in [0.2, 0.25) is 11.8 Å². The van der Waals surface area contributed by atoms with Crippen molar-refractivity contribution in [3.8, 4) is 5.75 Å². The van der Waals surface area contributed by atoms with E-state index in [1.165, 1.54) is 18.2 Å². The summed E-state index contributed by atoms with van der Waals surface area (Å²) in [6.45, 7) is 4.41. The number of hydrogen-bond acceptors (Lipinski definition) is 10. The predicted octanol–water partition coefficient (Wildman–Crippen LogP) is 4.88. The Kier molecular flexibility index (Phi) is 11.5. The summed E-state index contributed by atoms with van der Waals surface area (Å²) in [4.78, 5) is 59.2. The van der Waals surface area contributed by atoms with E-state index < -0.39 is 35.2 Å². The number of hydrogen-bond donors (Lipinski definition) is 4. The molecule has 1 aromatic heterocycles. The van der Waals surface area contributed by atoms with Gasteiger partial charge in [0.1, 0.15) is 34.6 Å².